The molecule has 1 saturated carbocycles. The highest BCUT2D eigenvalue weighted by molar-refractivity contribution is 9.10. The number of nitrogens with zero attached hydrogens (tertiary/aromatic N) is 1. The van der Waals surface area contributed by atoms with Crippen LogP contribution >= 0.6 is 15.9 Å². The molecule has 20 heavy (non-hydrogen) atoms. The van der Waals surface area contributed by atoms with E-state index in [4.69, 9.17) is 0 Å². The molecule has 0 bridgehead atoms. The molecule has 0 spiro atoms. The minimum Gasteiger partial charge on any atom is -0.317 e. The zero-order valence-electron chi connectivity index (χ0n) is 13.1. The number of hydrogen-bond donors (Lipinski definition) is 1. The average Bonchev–Trinajstić information content (AvgIpc) is 2.40. The molecular formula is C17H27BrN2. The van der Waals surface area contributed by atoms with Gasteiger partial charge in [0.2, 0.25) is 0 Å². The quantitative estimate of drug-likeness (QED) is 0.877. The van der Waals surface area contributed by atoms with E-state index >= 15 is 0 Å². The van der Waals surface area contributed by atoms with Crippen LogP contribution in [0.1, 0.15) is 45.7 Å². The van der Waals surface area contributed by atoms with Gasteiger partial charge < -0.3 is 5.32 Å². The van der Waals surface area contributed by atoms with E-state index in [2.05, 4.69) is 66.2 Å². The molecule has 1 aliphatic carbocycles. The second-order valence-electron chi connectivity index (χ2n) is 7.05. The molecule has 1 N–H and O–H groups in total. The molecule has 1 heterocycles. The van der Waals surface area contributed by atoms with Gasteiger partial charge in [0.05, 0.1) is 0 Å². The van der Waals surface area contributed by atoms with Crippen LogP contribution in [-0.4, -0.2) is 18.1 Å². The molecule has 0 saturated heterocycles. The molecule has 2 rings (SSSR count). The van der Waals surface area contributed by atoms with Crippen LogP contribution in [-0.2, 0) is 6.42 Å². The van der Waals surface area contributed by atoms with Crippen LogP contribution in [0.15, 0.2) is 22.8 Å². The first-order valence-electron chi connectivity index (χ1n) is 7.70. The number of hydrogen-bond acceptors (Lipinski definition) is 2. The largest absolute Gasteiger partial charge is 0.317 e. The molecule has 0 aliphatic heterocycles. The number of halogens is 1. The maximum absolute atomic E-state index is 4.56. The van der Waals surface area contributed by atoms with Crippen molar-refractivity contribution in [1.29, 1.82) is 0 Å². The summed E-state index contributed by atoms with van der Waals surface area (Å²) in [5, 5.41) is 3.56. The van der Waals surface area contributed by atoms with E-state index in [1.54, 1.807) is 0 Å². The number of pyridine rings is 1. The Hall–Kier alpha value is -0.410. The lowest BCUT2D eigenvalue weighted by atomic mass is 9.64. The summed E-state index contributed by atoms with van der Waals surface area (Å²) in [5.74, 6) is 1.58. The Morgan fingerprint density at radius 3 is 2.70 bits per heavy atom. The summed E-state index contributed by atoms with van der Waals surface area (Å²) in [4.78, 5) is 4.56. The molecule has 1 fully saturated rings. The van der Waals surface area contributed by atoms with E-state index in [9.17, 15) is 0 Å². The topological polar surface area (TPSA) is 24.9 Å². The van der Waals surface area contributed by atoms with Gasteiger partial charge in [-0.25, -0.2) is 0 Å². The van der Waals surface area contributed by atoms with Crippen molar-refractivity contribution in [2.24, 2.45) is 17.3 Å². The SMILES string of the molecule is CNC1CC(C)CCC1C(C)(C)Cc1ccc(Br)cn1. The summed E-state index contributed by atoms with van der Waals surface area (Å²) >= 11 is 3.46. The van der Waals surface area contributed by atoms with Crippen molar-refractivity contribution in [2.45, 2.75) is 52.5 Å². The summed E-state index contributed by atoms with van der Waals surface area (Å²) in [7, 11) is 2.11. The van der Waals surface area contributed by atoms with Crippen molar-refractivity contribution in [2.75, 3.05) is 7.05 Å². The Labute approximate surface area is 131 Å². The lowest BCUT2D eigenvalue weighted by molar-refractivity contribution is 0.0972. The molecule has 1 aromatic rings. The maximum atomic E-state index is 4.56. The fourth-order valence-corrected chi connectivity index (χ4v) is 3.98. The van der Waals surface area contributed by atoms with Gasteiger partial charge in [0.1, 0.15) is 0 Å². The van der Waals surface area contributed by atoms with Crippen LogP contribution in [0.4, 0.5) is 0 Å². The van der Waals surface area contributed by atoms with Gasteiger partial charge in [0.25, 0.3) is 0 Å². The third kappa shape index (κ3) is 3.82. The monoisotopic (exact) mass is 338 g/mol. The lowest BCUT2D eigenvalue weighted by Gasteiger charge is -2.44. The van der Waals surface area contributed by atoms with Gasteiger partial charge in [-0.1, -0.05) is 27.2 Å². The molecule has 2 nitrogen and oxygen atoms in total. The molecule has 3 heteroatoms. The molecule has 1 aromatic heterocycles. The fraction of sp³-hybridized carbons (Fsp3) is 0.706. The number of aromatic nitrogens is 1. The molecule has 3 atom stereocenters. The van der Waals surface area contributed by atoms with Gasteiger partial charge >= 0.3 is 0 Å². The van der Waals surface area contributed by atoms with Crippen LogP contribution in [0.5, 0.6) is 0 Å². The Morgan fingerprint density at radius 1 is 1.35 bits per heavy atom. The normalized spacial score (nSPS) is 27.6. The Kier molecular flexibility index (Phi) is 5.25. The summed E-state index contributed by atoms with van der Waals surface area (Å²) < 4.78 is 1.05. The van der Waals surface area contributed by atoms with Crippen molar-refractivity contribution in [1.82, 2.24) is 10.3 Å². The predicted octanol–water partition coefficient (Wildman–Crippen LogP) is 4.44. The van der Waals surface area contributed by atoms with E-state index in [-0.39, 0.29) is 5.41 Å². The maximum Gasteiger partial charge on any atom is 0.0413 e. The molecule has 0 amide bonds. The van der Waals surface area contributed by atoms with E-state index in [1.165, 1.54) is 25.0 Å². The van der Waals surface area contributed by atoms with E-state index < -0.39 is 0 Å². The van der Waals surface area contributed by atoms with Crippen molar-refractivity contribution in [3.05, 3.63) is 28.5 Å². The highest BCUT2D eigenvalue weighted by Crippen LogP contribution is 2.42. The highest BCUT2D eigenvalue weighted by Gasteiger charge is 2.38. The minimum atomic E-state index is 0.286. The van der Waals surface area contributed by atoms with Crippen LogP contribution in [0, 0.1) is 17.3 Å². The van der Waals surface area contributed by atoms with Crippen molar-refractivity contribution >= 4 is 15.9 Å². The smallest absolute Gasteiger partial charge is 0.0413 e. The molecule has 0 radical (unpaired) electrons. The first-order chi connectivity index (χ1) is 9.42. The van der Waals surface area contributed by atoms with E-state index in [1.807, 2.05) is 6.20 Å². The average molecular weight is 339 g/mol. The van der Waals surface area contributed by atoms with Crippen molar-refractivity contribution in [3.63, 3.8) is 0 Å². The Morgan fingerprint density at radius 2 is 2.10 bits per heavy atom. The zero-order chi connectivity index (χ0) is 14.8. The van der Waals surface area contributed by atoms with Crippen LogP contribution < -0.4 is 5.32 Å². The number of nitrogens with one attached hydrogen (secondary N) is 1. The summed E-state index contributed by atoms with van der Waals surface area (Å²) in [6.45, 7) is 7.19. The van der Waals surface area contributed by atoms with Crippen LogP contribution in [0.3, 0.4) is 0 Å². The molecule has 3 unspecified atom stereocenters. The first kappa shape index (κ1) is 16.0. The van der Waals surface area contributed by atoms with Crippen molar-refractivity contribution in [3.8, 4) is 0 Å². The van der Waals surface area contributed by atoms with Gasteiger partial charge in [-0.05, 0) is 71.6 Å². The fourth-order valence-electron chi connectivity index (χ4n) is 3.74. The van der Waals surface area contributed by atoms with E-state index in [0.717, 1.165) is 22.7 Å². The summed E-state index contributed by atoms with van der Waals surface area (Å²) in [6, 6.07) is 4.88. The third-order valence-electron chi connectivity index (χ3n) is 4.91. The number of rotatable bonds is 4. The Balaban J connectivity index is 2.10. The molecule has 1 aliphatic rings. The predicted molar refractivity (Wildman–Crippen MR) is 88.8 cm³/mol. The molecule has 112 valence electrons. The van der Waals surface area contributed by atoms with Gasteiger partial charge in [0, 0.05) is 22.4 Å². The van der Waals surface area contributed by atoms with E-state index in [0.29, 0.717) is 6.04 Å². The van der Waals surface area contributed by atoms with Gasteiger partial charge in [-0.3, -0.25) is 4.98 Å². The zero-order valence-corrected chi connectivity index (χ0v) is 14.7. The van der Waals surface area contributed by atoms with Gasteiger partial charge in [-0.2, -0.15) is 0 Å². The Bertz CT molecular complexity index is 427. The summed E-state index contributed by atoms with van der Waals surface area (Å²) in [6.07, 6.45) is 6.95. The first-order valence-corrected chi connectivity index (χ1v) is 8.49. The van der Waals surface area contributed by atoms with Gasteiger partial charge in [-0.15, -0.1) is 0 Å². The van der Waals surface area contributed by atoms with Crippen LogP contribution in [0.2, 0.25) is 0 Å². The van der Waals surface area contributed by atoms with Crippen LogP contribution in [0.25, 0.3) is 0 Å². The molecular weight excluding hydrogens is 312 g/mol. The second kappa shape index (κ2) is 6.57. The standard InChI is InChI=1S/C17H27BrN2/c1-12-5-8-15(16(9-12)19-4)17(2,3)10-14-7-6-13(18)11-20-14/h6-7,11-12,15-16,19H,5,8-10H2,1-4H3. The van der Waals surface area contributed by atoms with Gasteiger partial charge in [0.15, 0.2) is 0 Å². The molecule has 0 aromatic carbocycles. The minimum absolute atomic E-state index is 0.286. The lowest BCUT2D eigenvalue weighted by Crippen LogP contribution is -2.46. The van der Waals surface area contributed by atoms with Crippen molar-refractivity contribution < 1.29 is 0 Å². The highest BCUT2D eigenvalue weighted by atomic mass is 79.9. The second-order valence-corrected chi connectivity index (χ2v) is 7.97. The third-order valence-corrected chi connectivity index (χ3v) is 5.38. The summed E-state index contributed by atoms with van der Waals surface area (Å²) in [5.41, 5.74) is 1.49.